The van der Waals surface area contributed by atoms with E-state index in [1.165, 1.54) is 25.1 Å². The summed E-state index contributed by atoms with van der Waals surface area (Å²) in [5.41, 5.74) is 1.87. The highest BCUT2D eigenvalue weighted by Gasteiger charge is 2.12. The van der Waals surface area contributed by atoms with Gasteiger partial charge in [0.2, 0.25) is 5.91 Å². The van der Waals surface area contributed by atoms with Crippen LogP contribution < -0.4 is 20.3 Å². The lowest BCUT2D eigenvalue weighted by Crippen LogP contribution is -2.22. The van der Waals surface area contributed by atoms with Gasteiger partial charge in [-0.1, -0.05) is 0 Å². The molecule has 2 heterocycles. The summed E-state index contributed by atoms with van der Waals surface area (Å²) < 4.78 is 12.0. The number of benzene rings is 2. The van der Waals surface area contributed by atoms with Gasteiger partial charge in [0.15, 0.2) is 17.3 Å². The van der Waals surface area contributed by atoms with Crippen molar-refractivity contribution in [1.29, 1.82) is 0 Å². The maximum Gasteiger partial charge on any atom is 0.261 e. The van der Waals surface area contributed by atoms with E-state index in [9.17, 15) is 9.59 Å². The number of anilines is 1. The fraction of sp³-hybridized carbons (Fsp3) is 0.261. The minimum absolute atomic E-state index is 0.135. The van der Waals surface area contributed by atoms with Gasteiger partial charge in [-0.25, -0.2) is 9.97 Å². The molecule has 2 aromatic heterocycles. The Bertz CT molecular complexity index is 1340. The monoisotopic (exact) mass is 448 g/mol. The van der Waals surface area contributed by atoms with E-state index in [4.69, 9.17) is 9.47 Å². The van der Waals surface area contributed by atoms with Crippen LogP contribution in [0.25, 0.3) is 22.3 Å². The number of hydrogen-bond acceptors (Lipinski definition) is 7. The Morgan fingerprint density at radius 2 is 1.85 bits per heavy atom. The molecule has 4 rings (SSSR count). The number of aromatic amines is 1. The molecule has 0 bridgehead atoms. The lowest BCUT2D eigenvalue weighted by atomic mass is 10.2. The first kappa shape index (κ1) is 22.0. The minimum atomic E-state index is -0.195. The third-order valence-corrected chi connectivity index (χ3v) is 5.16. The number of rotatable bonds is 8. The molecule has 10 heteroatoms. The molecule has 0 aliphatic heterocycles. The van der Waals surface area contributed by atoms with Gasteiger partial charge in [-0.3, -0.25) is 19.3 Å². The third kappa shape index (κ3) is 4.84. The molecule has 0 atom stereocenters. The number of ether oxygens (including phenoxy) is 2. The Kier molecular flexibility index (Phi) is 6.34. The highest BCUT2D eigenvalue weighted by atomic mass is 16.5. The fourth-order valence-electron chi connectivity index (χ4n) is 3.45. The summed E-state index contributed by atoms with van der Waals surface area (Å²) in [5.74, 6) is 2.18. The van der Waals surface area contributed by atoms with Crippen LogP contribution in [-0.4, -0.2) is 44.9 Å². The lowest BCUT2D eigenvalue weighted by Gasteiger charge is -2.10. The molecule has 0 aliphatic carbocycles. The maximum absolute atomic E-state index is 12.8. The van der Waals surface area contributed by atoms with Crippen LogP contribution in [0, 0.1) is 6.92 Å². The predicted octanol–water partition coefficient (Wildman–Crippen LogP) is 2.93. The van der Waals surface area contributed by atoms with Crippen molar-refractivity contribution in [1.82, 2.24) is 24.7 Å². The topological polar surface area (TPSA) is 124 Å². The van der Waals surface area contributed by atoms with Gasteiger partial charge in [0.05, 0.1) is 31.4 Å². The number of hydrogen-bond donors (Lipinski definition) is 2. The Hall–Kier alpha value is -4.21. The Morgan fingerprint density at radius 1 is 1.12 bits per heavy atom. The molecule has 4 aromatic rings. The quantitative estimate of drug-likeness (QED) is 0.425. The van der Waals surface area contributed by atoms with Gasteiger partial charge >= 0.3 is 0 Å². The van der Waals surface area contributed by atoms with Gasteiger partial charge in [-0.15, -0.1) is 0 Å². The number of amides is 1. The molecular weight excluding hydrogens is 424 g/mol. The summed E-state index contributed by atoms with van der Waals surface area (Å²) in [6.07, 6.45) is 2.23. The van der Waals surface area contributed by atoms with E-state index in [0.717, 1.165) is 11.4 Å². The number of nitrogens with one attached hydrogen (secondary N) is 2. The average molecular weight is 448 g/mol. The van der Waals surface area contributed by atoms with Crippen LogP contribution in [0.5, 0.6) is 11.5 Å². The predicted molar refractivity (Wildman–Crippen MR) is 124 cm³/mol. The number of aryl methyl sites for hydroxylation is 2. The van der Waals surface area contributed by atoms with E-state index < -0.39 is 0 Å². The van der Waals surface area contributed by atoms with Crippen molar-refractivity contribution in [2.75, 3.05) is 19.5 Å². The standard InChI is InChI=1S/C23H24N6O4/c1-14-25-22(28-27-14)15-6-8-16(9-7-15)26-21(30)5-4-10-29-13-24-18-12-20(33-3)19(32-2)11-17(18)23(29)31/h6-9,11-13H,4-5,10H2,1-3H3,(H,26,30)(H,25,27,28). The van der Waals surface area contributed by atoms with E-state index in [0.29, 0.717) is 46.9 Å². The Balaban J connectivity index is 1.36. The molecule has 2 N–H and O–H groups in total. The van der Waals surface area contributed by atoms with Crippen molar-refractivity contribution in [3.05, 3.63) is 58.9 Å². The summed E-state index contributed by atoms with van der Waals surface area (Å²) in [6.45, 7) is 2.20. The second-order valence-corrected chi connectivity index (χ2v) is 7.44. The zero-order valence-electron chi connectivity index (χ0n) is 18.6. The smallest absolute Gasteiger partial charge is 0.261 e. The van der Waals surface area contributed by atoms with E-state index in [1.54, 1.807) is 24.3 Å². The van der Waals surface area contributed by atoms with Crippen LogP contribution in [0.15, 0.2) is 47.5 Å². The number of H-pyrrole nitrogens is 1. The van der Waals surface area contributed by atoms with Crippen molar-refractivity contribution < 1.29 is 14.3 Å². The lowest BCUT2D eigenvalue weighted by molar-refractivity contribution is -0.116. The van der Waals surface area contributed by atoms with Crippen LogP contribution in [0.4, 0.5) is 5.69 Å². The molecule has 10 nitrogen and oxygen atoms in total. The molecule has 0 unspecified atom stereocenters. The number of nitrogens with zero attached hydrogens (tertiary/aromatic N) is 4. The zero-order chi connectivity index (χ0) is 23.4. The molecule has 2 aromatic carbocycles. The van der Waals surface area contributed by atoms with Gasteiger partial charge < -0.3 is 14.8 Å². The van der Waals surface area contributed by atoms with Crippen LogP contribution in [0.2, 0.25) is 0 Å². The number of fused-ring (bicyclic) bond motifs is 1. The van der Waals surface area contributed by atoms with Crippen LogP contribution in [0.3, 0.4) is 0 Å². The van der Waals surface area contributed by atoms with Crippen molar-refractivity contribution in [3.63, 3.8) is 0 Å². The highest BCUT2D eigenvalue weighted by Crippen LogP contribution is 2.29. The molecule has 0 spiro atoms. The molecule has 0 saturated heterocycles. The summed E-state index contributed by atoms with van der Waals surface area (Å²) in [6, 6.07) is 10.6. The molecular formula is C23H24N6O4. The van der Waals surface area contributed by atoms with Gasteiger partial charge in [-0.05, 0) is 43.7 Å². The molecule has 0 radical (unpaired) electrons. The van der Waals surface area contributed by atoms with E-state index >= 15 is 0 Å². The third-order valence-electron chi connectivity index (χ3n) is 5.16. The molecule has 33 heavy (non-hydrogen) atoms. The summed E-state index contributed by atoms with van der Waals surface area (Å²) in [7, 11) is 3.04. The molecule has 0 aliphatic rings. The van der Waals surface area contributed by atoms with E-state index in [1.807, 2.05) is 19.1 Å². The molecule has 0 fully saturated rings. The van der Waals surface area contributed by atoms with Crippen molar-refractivity contribution in [3.8, 4) is 22.9 Å². The van der Waals surface area contributed by atoms with E-state index in [-0.39, 0.29) is 17.9 Å². The van der Waals surface area contributed by atoms with Crippen LogP contribution in [0.1, 0.15) is 18.7 Å². The van der Waals surface area contributed by atoms with E-state index in [2.05, 4.69) is 25.5 Å². The number of carbonyl (C=O) groups is 1. The second-order valence-electron chi connectivity index (χ2n) is 7.44. The summed E-state index contributed by atoms with van der Waals surface area (Å²) >= 11 is 0. The van der Waals surface area contributed by atoms with Crippen LogP contribution >= 0.6 is 0 Å². The molecule has 170 valence electrons. The summed E-state index contributed by atoms with van der Waals surface area (Å²) in [5, 5.41) is 10.2. The largest absolute Gasteiger partial charge is 0.493 e. The minimum Gasteiger partial charge on any atom is -0.493 e. The Morgan fingerprint density at radius 3 is 2.52 bits per heavy atom. The molecule has 1 amide bonds. The maximum atomic E-state index is 12.8. The number of aromatic nitrogens is 5. The Labute approximate surface area is 189 Å². The van der Waals surface area contributed by atoms with Crippen molar-refractivity contribution in [2.24, 2.45) is 0 Å². The SMILES string of the molecule is COc1cc2ncn(CCCC(=O)Nc3ccc(-c4n[nH]c(C)n4)cc3)c(=O)c2cc1OC. The number of methoxy groups -OCH3 is 2. The van der Waals surface area contributed by atoms with Crippen LogP contribution in [-0.2, 0) is 11.3 Å². The van der Waals surface area contributed by atoms with Gasteiger partial charge in [0.1, 0.15) is 5.82 Å². The molecule has 0 saturated carbocycles. The number of carbonyl (C=O) groups excluding carboxylic acids is 1. The zero-order valence-corrected chi connectivity index (χ0v) is 18.6. The van der Waals surface area contributed by atoms with Crippen molar-refractivity contribution in [2.45, 2.75) is 26.3 Å². The van der Waals surface area contributed by atoms with Gasteiger partial charge in [-0.2, -0.15) is 5.10 Å². The van der Waals surface area contributed by atoms with Gasteiger partial charge in [0, 0.05) is 30.3 Å². The normalized spacial score (nSPS) is 10.9. The average Bonchev–Trinajstić information content (AvgIpc) is 3.26. The van der Waals surface area contributed by atoms with Crippen molar-refractivity contribution >= 4 is 22.5 Å². The van der Waals surface area contributed by atoms with Gasteiger partial charge in [0.25, 0.3) is 5.56 Å². The second kappa shape index (κ2) is 9.51. The first-order valence-electron chi connectivity index (χ1n) is 10.4. The summed E-state index contributed by atoms with van der Waals surface area (Å²) in [4.78, 5) is 33.8. The highest BCUT2D eigenvalue weighted by molar-refractivity contribution is 5.90. The first-order valence-corrected chi connectivity index (χ1v) is 10.4. The first-order chi connectivity index (χ1) is 16.0. The fourth-order valence-corrected chi connectivity index (χ4v) is 3.45.